The van der Waals surface area contributed by atoms with Crippen LogP contribution in [0.4, 0.5) is 0 Å². The molecule has 0 aliphatic carbocycles. The Morgan fingerprint density at radius 3 is 2.50 bits per heavy atom. The van der Waals surface area contributed by atoms with Crippen molar-refractivity contribution in [2.75, 3.05) is 19.6 Å². The summed E-state index contributed by atoms with van der Waals surface area (Å²) < 4.78 is 0. The molecule has 26 heavy (non-hydrogen) atoms. The van der Waals surface area contributed by atoms with Gasteiger partial charge in [0.2, 0.25) is 0 Å². The third-order valence-electron chi connectivity index (χ3n) is 4.76. The fourth-order valence-corrected chi connectivity index (χ4v) is 3.67. The molecule has 4 rings (SSSR count). The molecular formula is C22H21N3O. The zero-order valence-electron chi connectivity index (χ0n) is 14.6. The highest BCUT2D eigenvalue weighted by Crippen LogP contribution is 2.39. The molecule has 2 heterocycles. The molecule has 4 nitrogen and oxygen atoms in total. The summed E-state index contributed by atoms with van der Waals surface area (Å²) in [5.74, 6) is 0.0132. The fraction of sp³-hybridized carbons (Fsp3) is 0.182. The van der Waals surface area contributed by atoms with Gasteiger partial charge >= 0.3 is 0 Å². The zero-order valence-corrected chi connectivity index (χ0v) is 14.6. The standard InChI is InChI=1S/C22H21N3O/c1-2-15-25-21(17-11-7-4-8-12-17)18-19(16-9-5-3-6-10-16)23-13-14-24-20(18)22(25)26/h2-12,21,24H,1,13-15H2. The van der Waals surface area contributed by atoms with Crippen molar-refractivity contribution in [2.45, 2.75) is 6.04 Å². The van der Waals surface area contributed by atoms with E-state index < -0.39 is 0 Å². The lowest BCUT2D eigenvalue weighted by Gasteiger charge is -2.27. The van der Waals surface area contributed by atoms with Crippen molar-refractivity contribution < 1.29 is 4.79 Å². The molecule has 0 aromatic heterocycles. The van der Waals surface area contributed by atoms with Crippen LogP contribution in [0.3, 0.4) is 0 Å². The van der Waals surface area contributed by atoms with Crippen LogP contribution >= 0.6 is 0 Å². The summed E-state index contributed by atoms with van der Waals surface area (Å²) in [6, 6.07) is 20.1. The first-order valence-electron chi connectivity index (χ1n) is 8.86. The minimum atomic E-state index is -0.166. The predicted molar refractivity (Wildman–Crippen MR) is 104 cm³/mol. The van der Waals surface area contributed by atoms with Gasteiger partial charge in [-0.15, -0.1) is 6.58 Å². The number of carbonyl (C=O) groups is 1. The predicted octanol–water partition coefficient (Wildman–Crippen LogP) is 3.10. The molecular weight excluding hydrogens is 322 g/mol. The highest BCUT2D eigenvalue weighted by molar-refractivity contribution is 6.19. The van der Waals surface area contributed by atoms with Crippen molar-refractivity contribution in [1.29, 1.82) is 0 Å². The second-order valence-electron chi connectivity index (χ2n) is 6.37. The van der Waals surface area contributed by atoms with Gasteiger partial charge in [0, 0.05) is 24.2 Å². The van der Waals surface area contributed by atoms with Gasteiger partial charge in [0.05, 0.1) is 18.3 Å². The van der Waals surface area contributed by atoms with E-state index in [0.29, 0.717) is 25.3 Å². The average Bonchev–Trinajstić information content (AvgIpc) is 2.84. The van der Waals surface area contributed by atoms with E-state index >= 15 is 0 Å². The van der Waals surface area contributed by atoms with E-state index in [9.17, 15) is 4.79 Å². The summed E-state index contributed by atoms with van der Waals surface area (Å²) in [5.41, 5.74) is 4.66. The lowest BCUT2D eigenvalue weighted by molar-refractivity contribution is -0.126. The summed E-state index contributed by atoms with van der Waals surface area (Å²) in [4.78, 5) is 19.8. The monoisotopic (exact) mass is 343 g/mol. The van der Waals surface area contributed by atoms with E-state index in [1.54, 1.807) is 6.08 Å². The third kappa shape index (κ3) is 2.73. The smallest absolute Gasteiger partial charge is 0.271 e. The molecule has 0 fully saturated rings. The second-order valence-corrected chi connectivity index (χ2v) is 6.37. The van der Waals surface area contributed by atoms with Crippen molar-refractivity contribution in [3.8, 4) is 0 Å². The van der Waals surface area contributed by atoms with Crippen LogP contribution in [0.25, 0.3) is 0 Å². The lowest BCUT2D eigenvalue weighted by Crippen LogP contribution is -2.33. The largest absolute Gasteiger partial charge is 0.378 e. The molecule has 1 amide bonds. The molecule has 2 aromatic rings. The summed E-state index contributed by atoms with van der Waals surface area (Å²) in [6.45, 7) is 5.64. The normalized spacial score (nSPS) is 19.5. The van der Waals surface area contributed by atoms with E-state index in [4.69, 9.17) is 4.99 Å². The summed E-state index contributed by atoms with van der Waals surface area (Å²) in [5, 5.41) is 3.32. The van der Waals surface area contributed by atoms with Crippen LogP contribution in [0.15, 0.2) is 89.6 Å². The molecule has 4 heteroatoms. The Bertz CT molecular complexity index is 884. The lowest BCUT2D eigenvalue weighted by atomic mass is 9.91. The highest BCUT2D eigenvalue weighted by atomic mass is 16.2. The van der Waals surface area contributed by atoms with Crippen molar-refractivity contribution in [2.24, 2.45) is 4.99 Å². The number of carbonyl (C=O) groups excluding carboxylic acids is 1. The maximum atomic E-state index is 13.1. The fourth-order valence-electron chi connectivity index (χ4n) is 3.67. The van der Waals surface area contributed by atoms with Crippen molar-refractivity contribution >= 4 is 11.6 Å². The van der Waals surface area contributed by atoms with Crippen LogP contribution < -0.4 is 5.32 Å². The summed E-state index contributed by atoms with van der Waals surface area (Å²) in [7, 11) is 0. The molecule has 0 saturated carbocycles. The van der Waals surface area contributed by atoms with Gasteiger partial charge < -0.3 is 10.2 Å². The van der Waals surface area contributed by atoms with E-state index in [2.05, 4.69) is 36.2 Å². The second kappa shape index (κ2) is 7.00. The van der Waals surface area contributed by atoms with Gasteiger partial charge in [-0.3, -0.25) is 9.79 Å². The highest BCUT2D eigenvalue weighted by Gasteiger charge is 2.42. The van der Waals surface area contributed by atoms with E-state index in [1.807, 2.05) is 41.3 Å². The molecule has 2 aliphatic heterocycles. The van der Waals surface area contributed by atoms with Gasteiger partial charge in [-0.2, -0.15) is 0 Å². The van der Waals surface area contributed by atoms with Crippen molar-refractivity contribution in [3.05, 3.63) is 95.7 Å². The molecule has 0 bridgehead atoms. The number of nitrogens with one attached hydrogen (secondary N) is 1. The first-order valence-corrected chi connectivity index (χ1v) is 8.86. The van der Waals surface area contributed by atoms with E-state index in [-0.39, 0.29) is 11.9 Å². The Balaban J connectivity index is 1.90. The quantitative estimate of drug-likeness (QED) is 0.867. The number of benzene rings is 2. The minimum Gasteiger partial charge on any atom is -0.378 e. The summed E-state index contributed by atoms with van der Waals surface area (Å²) >= 11 is 0. The molecule has 0 radical (unpaired) electrons. The average molecular weight is 343 g/mol. The van der Waals surface area contributed by atoms with Crippen molar-refractivity contribution in [1.82, 2.24) is 10.2 Å². The molecule has 2 aromatic carbocycles. The van der Waals surface area contributed by atoms with Crippen molar-refractivity contribution in [3.63, 3.8) is 0 Å². The Kier molecular flexibility index (Phi) is 4.40. The number of nitrogens with zero attached hydrogens (tertiary/aromatic N) is 2. The Hall–Kier alpha value is -3.14. The van der Waals surface area contributed by atoms with Crippen LogP contribution in [-0.4, -0.2) is 36.2 Å². The zero-order chi connectivity index (χ0) is 17.9. The SMILES string of the molecule is C=CCN1C(=O)C2=C(C(c3ccccc3)=NCCN2)C1c1ccccc1. The maximum absolute atomic E-state index is 13.1. The maximum Gasteiger partial charge on any atom is 0.271 e. The van der Waals surface area contributed by atoms with E-state index in [0.717, 1.165) is 22.4 Å². The Labute approximate surface area is 153 Å². The molecule has 1 atom stereocenters. The Morgan fingerprint density at radius 2 is 1.81 bits per heavy atom. The van der Waals surface area contributed by atoms with Crippen LogP contribution in [-0.2, 0) is 4.79 Å². The first kappa shape index (κ1) is 16.3. The van der Waals surface area contributed by atoms with Gasteiger partial charge in [0.25, 0.3) is 5.91 Å². The van der Waals surface area contributed by atoms with Gasteiger partial charge in [-0.05, 0) is 5.56 Å². The molecule has 1 unspecified atom stereocenters. The van der Waals surface area contributed by atoms with Crippen LogP contribution in [0.5, 0.6) is 0 Å². The molecule has 0 saturated heterocycles. The van der Waals surface area contributed by atoms with Gasteiger partial charge in [-0.25, -0.2) is 0 Å². The minimum absolute atomic E-state index is 0.0132. The van der Waals surface area contributed by atoms with E-state index in [1.165, 1.54) is 0 Å². The number of amides is 1. The molecule has 2 aliphatic rings. The Morgan fingerprint density at radius 1 is 1.12 bits per heavy atom. The summed E-state index contributed by atoms with van der Waals surface area (Å²) in [6.07, 6.45) is 1.78. The van der Waals surface area contributed by atoms with Crippen LogP contribution in [0.1, 0.15) is 17.2 Å². The molecule has 1 N–H and O–H groups in total. The van der Waals surface area contributed by atoms with Crippen LogP contribution in [0.2, 0.25) is 0 Å². The van der Waals surface area contributed by atoms with Gasteiger partial charge in [-0.1, -0.05) is 66.7 Å². The number of hydrogen-bond acceptors (Lipinski definition) is 3. The number of hydrogen-bond donors (Lipinski definition) is 1. The number of aliphatic imine (C=N–C) groups is 1. The first-order chi connectivity index (χ1) is 12.8. The number of rotatable bonds is 4. The van der Waals surface area contributed by atoms with Gasteiger partial charge in [0.1, 0.15) is 5.70 Å². The topological polar surface area (TPSA) is 44.7 Å². The van der Waals surface area contributed by atoms with Crippen LogP contribution in [0, 0.1) is 0 Å². The molecule has 130 valence electrons. The third-order valence-corrected chi connectivity index (χ3v) is 4.76. The van der Waals surface area contributed by atoms with Gasteiger partial charge in [0.15, 0.2) is 0 Å². The molecule has 0 spiro atoms.